The smallest absolute Gasteiger partial charge is 0.417 e. The van der Waals surface area contributed by atoms with Crippen molar-refractivity contribution in [1.29, 1.82) is 0 Å². The predicted octanol–water partition coefficient (Wildman–Crippen LogP) is 3.39. The molecule has 7 nitrogen and oxygen atoms in total. The van der Waals surface area contributed by atoms with Gasteiger partial charge in [-0.2, -0.15) is 13.2 Å². The van der Waals surface area contributed by atoms with E-state index < -0.39 is 35.6 Å². The number of carboxylic acids is 1. The second-order valence-electron chi connectivity index (χ2n) is 9.03. The number of carbonyl (C=O) groups excluding carboxylic acids is 2. The van der Waals surface area contributed by atoms with Gasteiger partial charge in [-0.25, -0.2) is 4.79 Å². The van der Waals surface area contributed by atoms with Gasteiger partial charge in [-0.15, -0.1) is 0 Å². The SMILES string of the molecule is O=C(NC(C(=O)N1CC2CC2(C(=O)O)C1)C(F)(F)F)OCC1c2ccccc2-c2ccccc21. The number of amides is 2. The lowest BCUT2D eigenvalue weighted by Gasteiger charge is -2.27. The Morgan fingerprint density at radius 2 is 1.68 bits per heavy atom. The third-order valence-electron chi connectivity index (χ3n) is 7.06. The second-order valence-corrected chi connectivity index (χ2v) is 9.03. The van der Waals surface area contributed by atoms with Crippen molar-refractivity contribution < 1.29 is 37.4 Å². The van der Waals surface area contributed by atoms with Crippen LogP contribution in [-0.2, 0) is 14.3 Å². The Balaban J connectivity index is 1.27. The van der Waals surface area contributed by atoms with Gasteiger partial charge >= 0.3 is 18.2 Å². The molecule has 3 aliphatic rings. The number of rotatable bonds is 5. The largest absolute Gasteiger partial charge is 0.481 e. The summed E-state index contributed by atoms with van der Waals surface area (Å²) in [5, 5.41) is 11.0. The molecule has 5 rings (SSSR count). The highest BCUT2D eigenvalue weighted by atomic mass is 19.4. The van der Waals surface area contributed by atoms with E-state index in [1.165, 1.54) is 0 Å². The Labute approximate surface area is 192 Å². The van der Waals surface area contributed by atoms with Crippen LogP contribution in [0, 0.1) is 11.3 Å². The number of carboxylic acid groups (broad SMARTS) is 1. The molecular weight excluding hydrogens is 453 g/mol. The first-order chi connectivity index (χ1) is 16.1. The van der Waals surface area contributed by atoms with Crippen molar-refractivity contribution in [3.8, 4) is 11.1 Å². The van der Waals surface area contributed by atoms with Crippen LogP contribution in [0.1, 0.15) is 23.5 Å². The molecule has 2 aromatic carbocycles. The number of ether oxygens (including phenoxy) is 1. The summed E-state index contributed by atoms with van der Waals surface area (Å²) in [6.07, 6.45) is -6.09. The molecule has 2 aliphatic carbocycles. The van der Waals surface area contributed by atoms with Gasteiger partial charge in [-0.1, -0.05) is 48.5 Å². The molecule has 3 atom stereocenters. The Hall–Kier alpha value is -3.56. The average molecular weight is 474 g/mol. The van der Waals surface area contributed by atoms with E-state index in [4.69, 9.17) is 4.74 Å². The van der Waals surface area contributed by atoms with Gasteiger partial charge in [0.05, 0.1) is 5.41 Å². The molecule has 3 unspecified atom stereocenters. The lowest BCUT2D eigenvalue weighted by molar-refractivity contribution is -0.174. The second kappa shape index (κ2) is 7.75. The van der Waals surface area contributed by atoms with Gasteiger partial charge in [0.15, 0.2) is 0 Å². The van der Waals surface area contributed by atoms with Crippen molar-refractivity contribution in [3.05, 3.63) is 59.7 Å². The van der Waals surface area contributed by atoms with Crippen molar-refractivity contribution in [2.75, 3.05) is 19.7 Å². The predicted molar refractivity (Wildman–Crippen MR) is 113 cm³/mol. The Kier molecular flexibility index (Phi) is 5.07. The summed E-state index contributed by atoms with van der Waals surface area (Å²) in [6.45, 7) is -0.582. The van der Waals surface area contributed by atoms with Gasteiger partial charge in [-0.3, -0.25) is 9.59 Å². The molecule has 2 fully saturated rings. The monoisotopic (exact) mass is 474 g/mol. The van der Waals surface area contributed by atoms with Gasteiger partial charge in [-0.05, 0) is 34.6 Å². The standard InChI is InChI=1S/C24H21F3N2O5/c25-24(26,27)19(20(30)29-10-13-9-23(13,12-29)21(31)32)28-22(33)34-11-18-16-7-3-1-5-14(16)15-6-2-4-8-17(15)18/h1-8,13,18-19H,9-12H2,(H,28,33)(H,31,32). The number of fused-ring (bicyclic) bond motifs is 4. The molecule has 2 N–H and O–H groups in total. The molecule has 0 radical (unpaired) electrons. The zero-order chi connectivity index (χ0) is 24.3. The summed E-state index contributed by atoms with van der Waals surface area (Å²) in [5.74, 6) is -3.22. The Bertz CT molecular complexity index is 1140. The molecule has 1 heterocycles. The zero-order valence-corrected chi connectivity index (χ0v) is 17.8. The highest BCUT2D eigenvalue weighted by Gasteiger charge is 2.67. The first kappa shape index (κ1) is 22.2. The lowest BCUT2D eigenvalue weighted by Crippen LogP contribution is -2.56. The number of hydrogen-bond donors (Lipinski definition) is 2. The Morgan fingerprint density at radius 3 is 2.21 bits per heavy atom. The molecule has 178 valence electrons. The molecule has 34 heavy (non-hydrogen) atoms. The normalized spacial score (nSPS) is 23.5. The van der Waals surface area contributed by atoms with E-state index >= 15 is 0 Å². The number of benzene rings is 2. The quantitative estimate of drug-likeness (QED) is 0.693. The maximum atomic E-state index is 13.6. The fraction of sp³-hybridized carbons (Fsp3) is 0.375. The van der Waals surface area contributed by atoms with Crippen LogP contribution in [0.3, 0.4) is 0 Å². The van der Waals surface area contributed by atoms with E-state index in [1.807, 2.05) is 48.5 Å². The summed E-state index contributed by atoms with van der Waals surface area (Å²) in [5.41, 5.74) is 2.56. The Morgan fingerprint density at radius 1 is 1.09 bits per heavy atom. The van der Waals surface area contributed by atoms with Crippen LogP contribution in [0.15, 0.2) is 48.5 Å². The van der Waals surface area contributed by atoms with Gasteiger partial charge in [0.2, 0.25) is 6.04 Å². The average Bonchev–Trinajstić information content (AvgIpc) is 3.23. The number of halogens is 3. The molecule has 2 aromatic rings. The number of nitrogens with one attached hydrogen (secondary N) is 1. The third-order valence-corrected chi connectivity index (χ3v) is 7.06. The molecule has 0 aromatic heterocycles. The summed E-state index contributed by atoms with van der Waals surface area (Å²) in [7, 11) is 0. The fourth-order valence-corrected chi connectivity index (χ4v) is 5.21. The highest BCUT2D eigenvalue weighted by molar-refractivity contribution is 5.89. The minimum absolute atomic E-state index is 0.0793. The maximum absolute atomic E-state index is 13.6. The van der Waals surface area contributed by atoms with Crippen molar-refractivity contribution in [2.45, 2.75) is 24.6 Å². The molecule has 1 aliphatic heterocycles. The van der Waals surface area contributed by atoms with Crippen LogP contribution in [0.5, 0.6) is 0 Å². The van der Waals surface area contributed by atoms with Crippen molar-refractivity contribution in [2.24, 2.45) is 11.3 Å². The maximum Gasteiger partial charge on any atom is 0.417 e. The van der Waals surface area contributed by atoms with Crippen LogP contribution in [0.25, 0.3) is 11.1 Å². The summed E-state index contributed by atoms with van der Waals surface area (Å²) in [6, 6.07) is 12.2. The van der Waals surface area contributed by atoms with Crippen molar-refractivity contribution >= 4 is 18.0 Å². The molecule has 10 heteroatoms. The number of nitrogens with zero attached hydrogens (tertiary/aromatic N) is 1. The third kappa shape index (κ3) is 3.57. The summed E-state index contributed by atoms with van der Waals surface area (Å²) < 4.78 is 46.1. The topological polar surface area (TPSA) is 95.9 Å². The van der Waals surface area contributed by atoms with E-state index in [-0.39, 0.29) is 31.5 Å². The van der Waals surface area contributed by atoms with E-state index in [9.17, 15) is 32.7 Å². The fourth-order valence-electron chi connectivity index (χ4n) is 5.21. The number of alkyl carbamates (subject to hydrolysis) is 1. The zero-order valence-electron chi connectivity index (χ0n) is 17.8. The van der Waals surface area contributed by atoms with Crippen LogP contribution in [-0.4, -0.2) is 59.9 Å². The minimum Gasteiger partial charge on any atom is -0.481 e. The van der Waals surface area contributed by atoms with Gasteiger partial charge in [0, 0.05) is 19.0 Å². The van der Waals surface area contributed by atoms with E-state index in [0.29, 0.717) is 6.42 Å². The number of hydrogen-bond acceptors (Lipinski definition) is 4. The van der Waals surface area contributed by atoms with Crippen molar-refractivity contribution in [1.82, 2.24) is 10.2 Å². The minimum atomic E-state index is -5.06. The molecule has 2 amide bonds. The van der Waals surface area contributed by atoms with E-state index in [0.717, 1.165) is 27.2 Å². The van der Waals surface area contributed by atoms with Crippen LogP contribution in [0.2, 0.25) is 0 Å². The van der Waals surface area contributed by atoms with Crippen LogP contribution >= 0.6 is 0 Å². The lowest BCUT2D eigenvalue weighted by atomic mass is 9.98. The summed E-state index contributed by atoms with van der Waals surface area (Å²) in [4.78, 5) is 37.2. The van der Waals surface area contributed by atoms with Crippen LogP contribution in [0.4, 0.5) is 18.0 Å². The van der Waals surface area contributed by atoms with Crippen LogP contribution < -0.4 is 5.32 Å². The van der Waals surface area contributed by atoms with Gasteiger partial charge in [0.1, 0.15) is 6.61 Å². The highest BCUT2D eigenvalue weighted by Crippen LogP contribution is 2.58. The van der Waals surface area contributed by atoms with Crippen molar-refractivity contribution in [3.63, 3.8) is 0 Å². The van der Waals surface area contributed by atoms with E-state index in [1.54, 1.807) is 5.32 Å². The van der Waals surface area contributed by atoms with E-state index in [2.05, 4.69) is 0 Å². The van der Waals surface area contributed by atoms with Gasteiger partial charge in [0.25, 0.3) is 5.91 Å². The molecule has 1 saturated heterocycles. The molecule has 0 bridgehead atoms. The number of alkyl halides is 3. The number of likely N-dealkylation sites (tertiary alicyclic amines) is 1. The molecule has 0 spiro atoms. The number of piperidine rings is 1. The first-order valence-electron chi connectivity index (χ1n) is 10.8. The first-order valence-corrected chi connectivity index (χ1v) is 10.8. The van der Waals surface area contributed by atoms with Gasteiger partial charge < -0.3 is 20.1 Å². The number of carbonyl (C=O) groups is 3. The molecule has 1 saturated carbocycles. The molecular formula is C24H21F3N2O5. The summed E-state index contributed by atoms with van der Waals surface area (Å²) >= 11 is 0. The number of aliphatic carboxylic acids is 1.